The lowest BCUT2D eigenvalue weighted by Gasteiger charge is -2.33. The lowest BCUT2D eigenvalue weighted by atomic mass is 9.94. The Morgan fingerprint density at radius 2 is 2.11 bits per heavy atom. The van der Waals surface area contributed by atoms with E-state index in [-0.39, 0.29) is 5.92 Å². The molecule has 4 heteroatoms. The molecule has 0 spiro atoms. The third-order valence-electron chi connectivity index (χ3n) is 4.21. The zero-order valence-corrected chi connectivity index (χ0v) is 12.6. The number of hydrogen-bond acceptors (Lipinski definition) is 2. The van der Waals surface area contributed by atoms with E-state index in [0.717, 1.165) is 45.4 Å². The Hall–Kier alpha value is -0.870. The van der Waals surface area contributed by atoms with Crippen molar-refractivity contribution in [2.24, 2.45) is 5.92 Å². The molecular weight excluding hydrogens is 304 g/mol. The Kier molecular flexibility index (Phi) is 3.89. The fourth-order valence-corrected chi connectivity index (χ4v) is 3.68. The fraction of sp³-hybridized carbons (Fsp3) is 0.533. The lowest BCUT2D eigenvalue weighted by Crippen LogP contribution is -2.43. The van der Waals surface area contributed by atoms with Crippen molar-refractivity contribution < 1.29 is 4.79 Å². The molecule has 0 unspecified atom stereocenters. The predicted molar refractivity (Wildman–Crippen MR) is 78.9 cm³/mol. The molecule has 1 aromatic carbocycles. The van der Waals surface area contributed by atoms with Crippen molar-refractivity contribution in [3.05, 3.63) is 33.8 Å². The summed E-state index contributed by atoms with van der Waals surface area (Å²) in [5, 5.41) is 3.32. The molecule has 0 radical (unpaired) electrons. The minimum atomic E-state index is 0.231. The molecule has 1 fully saturated rings. The monoisotopic (exact) mass is 322 g/mol. The number of fused-ring (bicyclic) bond motifs is 1. The van der Waals surface area contributed by atoms with Crippen molar-refractivity contribution in [3.8, 4) is 0 Å². The number of nitrogens with zero attached hydrogens (tertiary/aromatic N) is 1. The molecule has 2 aliphatic heterocycles. The molecular formula is C15H19BrN2O. The molecule has 2 heterocycles. The molecule has 0 saturated carbocycles. The van der Waals surface area contributed by atoms with Gasteiger partial charge < -0.3 is 10.2 Å². The predicted octanol–water partition coefficient (Wildman–Crippen LogP) is 2.33. The molecule has 0 aromatic heterocycles. The first kappa shape index (κ1) is 13.1. The number of benzene rings is 1. The average Bonchev–Trinajstić information content (AvgIpc) is 2.47. The lowest BCUT2D eigenvalue weighted by molar-refractivity contribution is -0.137. The van der Waals surface area contributed by atoms with Gasteiger partial charge in [-0.05, 0) is 49.5 Å². The Bertz CT molecular complexity index is 483. The number of nitrogens with one attached hydrogen (secondary N) is 1. The van der Waals surface area contributed by atoms with E-state index in [1.165, 1.54) is 15.6 Å². The molecule has 0 aliphatic carbocycles. The summed E-state index contributed by atoms with van der Waals surface area (Å²) in [6, 6.07) is 6.28. The van der Waals surface area contributed by atoms with E-state index in [0.29, 0.717) is 5.91 Å². The highest BCUT2D eigenvalue weighted by Gasteiger charge is 2.28. The summed E-state index contributed by atoms with van der Waals surface area (Å²) in [7, 11) is 0. The first-order valence-corrected chi connectivity index (χ1v) is 7.81. The van der Waals surface area contributed by atoms with Gasteiger partial charge in [0.05, 0.1) is 0 Å². The molecule has 1 aromatic rings. The first-order chi connectivity index (χ1) is 9.25. The van der Waals surface area contributed by atoms with Crippen molar-refractivity contribution in [2.45, 2.75) is 25.8 Å². The van der Waals surface area contributed by atoms with Crippen LogP contribution in [0.4, 0.5) is 0 Å². The number of piperidine rings is 1. The first-order valence-electron chi connectivity index (χ1n) is 7.01. The van der Waals surface area contributed by atoms with Crippen molar-refractivity contribution >= 4 is 21.8 Å². The minimum Gasteiger partial charge on any atom is -0.338 e. The summed E-state index contributed by atoms with van der Waals surface area (Å²) in [5.41, 5.74) is 2.67. The van der Waals surface area contributed by atoms with Gasteiger partial charge in [0.2, 0.25) is 5.91 Å². The van der Waals surface area contributed by atoms with Crippen LogP contribution in [-0.4, -0.2) is 30.4 Å². The molecule has 1 amide bonds. The molecule has 0 bridgehead atoms. The maximum atomic E-state index is 12.5. The zero-order valence-electron chi connectivity index (χ0n) is 11.0. The SMILES string of the molecule is O=C(C1CCNCC1)N1CCc2c(Br)cccc2C1. The van der Waals surface area contributed by atoms with Gasteiger partial charge in [-0.15, -0.1) is 0 Å². The standard InChI is InChI=1S/C15H19BrN2O/c16-14-3-1-2-12-10-18(9-6-13(12)14)15(19)11-4-7-17-8-5-11/h1-3,11,17H,4-10H2. The molecule has 2 aliphatic rings. The Balaban J connectivity index is 1.73. The number of rotatable bonds is 1. The number of halogens is 1. The minimum absolute atomic E-state index is 0.231. The number of hydrogen-bond donors (Lipinski definition) is 1. The zero-order chi connectivity index (χ0) is 13.2. The Morgan fingerprint density at radius 3 is 2.89 bits per heavy atom. The van der Waals surface area contributed by atoms with E-state index in [1.807, 2.05) is 4.90 Å². The van der Waals surface area contributed by atoms with Gasteiger partial charge in [-0.3, -0.25) is 4.79 Å². The number of amides is 1. The van der Waals surface area contributed by atoms with Crippen molar-refractivity contribution in [2.75, 3.05) is 19.6 Å². The molecule has 1 N–H and O–H groups in total. The fourth-order valence-electron chi connectivity index (χ4n) is 3.08. The molecule has 1 saturated heterocycles. The van der Waals surface area contributed by atoms with Crippen LogP contribution in [0.1, 0.15) is 24.0 Å². The van der Waals surface area contributed by atoms with Gasteiger partial charge in [-0.1, -0.05) is 28.1 Å². The quantitative estimate of drug-likeness (QED) is 0.860. The van der Waals surface area contributed by atoms with Gasteiger partial charge in [0.15, 0.2) is 0 Å². The summed E-state index contributed by atoms with van der Waals surface area (Å²) in [4.78, 5) is 14.6. The van der Waals surface area contributed by atoms with Crippen molar-refractivity contribution in [1.82, 2.24) is 10.2 Å². The number of carbonyl (C=O) groups excluding carboxylic acids is 1. The number of carbonyl (C=O) groups is 1. The van der Waals surface area contributed by atoms with Gasteiger partial charge in [0.25, 0.3) is 0 Å². The maximum Gasteiger partial charge on any atom is 0.226 e. The molecule has 3 nitrogen and oxygen atoms in total. The maximum absolute atomic E-state index is 12.5. The van der Waals surface area contributed by atoms with Gasteiger partial charge in [0, 0.05) is 23.5 Å². The Labute approximate surface area is 122 Å². The Morgan fingerprint density at radius 1 is 1.32 bits per heavy atom. The van der Waals surface area contributed by atoms with Crippen LogP contribution in [-0.2, 0) is 17.8 Å². The highest BCUT2D eigenvalue weighted by molar-refractivity contribution is 9.10. The van der Waals surface area contributed by atoms with Gasteiger partial charge in [-0.2, -0.15) is 0 Å². The topological polar surface area (TPSA) is 32.3 Å². The van der Waals surface area contributed by atoms with E-state index < -0.39 is 0 Å². The third-order valence-corrected chi connectivity index (χ3v) is 4.95. The van der Waals surface area contributed by atoms with E-state index in [1.54, 1.807) is 0 Å². The van der Waals surface area contributed by atoms with Crippen LogP contribution in [0.25, 0.3) is 0 Å². The van der Waals surface area contributed by atoms with E-state index in [2.05, 4.69) is 39.4 Å². The largest absolute Gasteiger partial charge is 0.338 e. The third kappa shape index (κ3) is 2.70. The van der Waals surface area contributed by atoms with Gasteiger partial charge in [0.1, 0.15) is 0 Å². The summed E-state index contributed by atoms with van der Waals surface area (Å²) in [6.07, 6.45) is 2.94. The highest BCUT2D eigenvalue weighted by Crippen LogP contribution is 2.27. The molecule has 19 heavy (non-hydrogen) atoms. The van der Waals surface area contributed by atoms with Crippen LogP contribution in [0, 0.1) is 5.92 Å². The second-order valence-corrected chi connectivity index (χ2v) is 6.27. The van der Waals surface area contributed by atoms with Crippen LogP contribution in [0.15, 0.2) is 22.7 Å². The normalized spacial score (nSPS) is 20.2. The summed E-state index contributed by atoms with van der Waals surface area (Å²) in [5.74, 6) is 0.585. The second kappa shape index (κ2) is 5.63. The van der Waals surface area contributed by atoms with Crippen LogP contribution >= 0.6 is 15.9 Å². The van der Waals surface area contributed by atoms with Crippen LogP contribution in [0.5, 0.6) is 0 Å². The van der Waals surface area contributed by atoms with Crippen LogP contribution in [0.2, 0.25) is 0 Å². The van der Waals surface area contributed by atoms with E-state index >= 15 is 0 Å². The van der Waals surface area contributed by atoms with Crippen LogP contribution < -0.4 is 5.32 Å². The summed E-state index contributed by atoms with van der Waals surface area (Å²) in [6.45, 7) is 3.59. The molecule has 3 rings (SSSR count). The van der Waals surface area contributed by atoms with Gasteiger partial charge >= 0.3 is 0 Å². The molecule has 0 atom stereocenters. The highest BCUT2D eigenvalue weighted by atomic mass is 79.9. The molecule has 102 valence electrons. The average molecular weight is 323 g/mol. The van der Waals surface area contributed by atoms with Crippen molar-refractivity contribution in [1.29, 1.82) is 0 Å². The van der Waals surface area contributed by atoms with Crippen LogP contribution in [0.3, 0.4) is 0 Å². The smallest absolute Gasteiger partial charge is 0.226 e. The summed E-state index contributed by atoms with van der Waals surface area (Å²) >= 11 is 3.60. The van der Waals surface area contributed by atoms with E-state index in [9.17, 15) is 4.79 Å². The van der Waals surface area contributed by atoms with Crippen molar-refractivity contribution in [3.63, 3.8) is 0 Å². The van der Waals surface area contributed by atoms with Gasteiger partial charge in [-0.25, -0.2) is 0 Å². The summed E-state index contributed by atoms with van der Waals surface area (Å²) < 4.78 is 1.18. The second-order valence-electron chi connectivity index (χ2n) is 5.41. The van der Waals surface area contributed by atoms with E-state index in [4.69, 9.17) is 0 Å².